The average Bonchev–Trinajstić information content (AvgIpc) is 2.77. The molecule has 28 heavy (non-hydrogen) atoms. The molecule has 4 aromatic carbocycles. The highest BCUT2D eigenvalue weighted by Gasteiger charge is 2.17. The van der Waals surface area contributed by atoms with Crippen LogP contribution in [0.25, 0.3) is 21.9 Å². The molecule has 4 aromatic rings. The zero-order valence-electron chi connectivity index (χ0n) is 15.4. The first kappa shape index (κ1) is 18.0. The summed E-state index contributed by atoms with van der Waals surface area (Å²) >= 11 is 0. The zero-order valence-corrected chi connectivity index (χ0v) is 15.4. The fraction of sp³-hybridized carbons (Fsp3) is 0.0800. The summed E-state index contributed by atoms with van der Waals surface area (Å²) in [6.07, 6.45) is 0. The molecule has 2 N–H and O–H groups in total. The molecule has 0 radical (unpaired) electrons. The number of carbonyl (C=O) groups excluding carboxylic acids is 1. The number of ether oxygens (including phenoxy) is 1. The van der Waals surface area contributed by atoms with E-state index in [1.807, 2.05) is 66.7 Å². The van der Waals surface area contributed by atoms with Crippen molar-refractivity contribution in [1.29, 1.82) is 0 Å². The second-order valence-electron chi connectivity index (χ2n) is 6.75. The van der Waals surface area contributed by atoms with Gasteiger partial charge in [0.1, 0.15) is 12.6 Å². The van der Waals surface area contributed by atoms with E-state index in [2.05, 4.69) is 30.3 Å². The Kier molecular flexibility index (Phi) is 5.18. The minimum absolute atomic E-state index is 0.225. The van der Waals surface area contributed by atoms with E-state index in [1.54, 1.807) is 0 Å². The molecule has 0 unspecified atom stereocenters. The third-order valence-electron chi connectivity index (χ3n) is 4.83. The minimum atomic E-state index is -0.797. The maximum absolute atomic E-state index is 12.3. The van der Waals surface area contributed by atoms with Crippen molar-refractivity contribution in [1.82, 2.24) is 0 Å². The van der Waals surface area contributed by atoms with Crippen LogP contribution in [0.15, 0.2) is 97.1 Å². The number of hydrogen-bond acceptors (Lipinski definition) is 3. The van der Waals surface area contributed by atoms with Crippen LogP contribution in [0, 0.1) is 0 Å². The number of fused-ring (bicyclic) bond motifs is 1. The Morgan fingerprint density at radius 1 is 0.750 bits per heavy atom. The van der Waals surface area contributed by atoms with Gasteiger partial charge in [0.25, 0.3) is 0 Å². The van der Waals surface area contributed by atoms with Gasteiger partial charge >= 0.3 is 5.97 Å². The van der Waals surface area contributed by atoms with Gasteiger partial charge < -0.3 is 10.5 Å². The van der Waals surface area contributed by atoms with Crippen LogP contribution in [0.2, 0.25) is 0 Å². The lowest BCUT2D eigenvalue weighted by molar-refractivity contribution is -0.146. The van der Waals surface area contributed by atoms with E-state index < -0.39 is 12.0 Å². The predicted octanol–water partition coefficient (Wildman–Crippen LogP) is 5.25. The van der Waals surface area contributed by atoms with Gasteiger partial charge in [-0.1, -0.05) is 91.0 Å². The van der Waals surface area contributed by atoms with E-state index in [9.17, 15) is 4.79 Å². The fourth-order valence-corrected chi connectivity index (χ4v) is 3.21. The summed E-state index contributed by atoms with van der Waals surface area (Å²) < 4.78 is 5.34. The summed E-state index contributed by atoms with van der Waals surface area (Å²) in [6, 6.07) is 31.2. The molecular formula is C25H21NO2. The molecule has 138 valence electrons. The Hall–Kier alpha value is -3.43. The first-order valence-electron chi connectivity index (χ1n) is 9.26. The van der Waals surface area contributed by atoms with Crippen LogP contribution < -0.4 is 5.73 Å². The van der Waals surface area contributed by atoms with Gasteiger partial charge in [0, 0.05) is 0 Å². The first-order valence-corrected chi connectivity index (χ1v) is 9.26. The Bertz CT molecular complexity index is 1090. The van der Waals surface area contributed by atoms with E-state index in [-0.39, 0.29) is 6.61 Å². The lowest BCUT2D eigenvalue weighted by Gasteiger charge is -2.13. The van der Waals surface area contributed by atoms with Crippen LogP contribution in [0.5, 0.6) is 0 Å². The molecule has 0 fully saturated rings. The van der Waals surface area contributed by atoms with Gasteiger partial charge in [0.15, 0.2) is 0 Å². The molecule has 4 rings (SSSR count). The van der Waals surface area contributed by atoms with Crippen molar-refractivity contribution in [3.8, 4) is 11.1 Å². The van der Waals surface area contributed by atoms with Crippen LogP contribution in [0.1, 0.15) is 17.2 Å². The highest BCUT2D eigenvalue weighted by Crippen LogP contribution is 2.26. The fourth-order valence-electron chi connectivity index (χ4n) is 3.21. The number of rotatable bonds is 5. The Morgan fingerprint density at radius 2 is 1.39 bits per heavy atom. The van der Waals surface area contributed by atoms with Crippen LogP contribution in [-0.4, -0.2) is 5.97 Å². The molecule has 1 atom stereocenters. The second-order valence-corrected chi connectivity index (χ2v) is 6.75. The number of nitrogens with two attached hydrogens (primary N) is 1. The number of hydrogen-bond donors (Lipinski definition) is 1. The topological polar surface area (TPSA) is 52.3 Å². The van der Waals surface area contributed by atoms with Gasteiger partial charge in [-0.15, -0.1) is 0 Å². The molecule has 0 bridgehead atoms. The third kappa shape index (κ3) is 3.95. The molecule has 0 spiro atoms. The van der Waals surface area contributed by atoms with Crippen LogP contribution in [0.3, 0.4) is 0 Å². The van der Waals surface area contributed by atoms with Gasteiger partial charge in [-0.2, -0.15) is 0 Å². The summed E-state index contributed by atoms with van der Waals surface area (Å²) in [7, 11) is 0. The van der Waals surface area contributed by atoms with Crippen molar-refractivity contribution in [2.75, 3.05) is 0 Å². The van der Waals surface area contributed by atoms with Gasteiger partial charge in [-0.25, -0.2) is 4.79 Å². The van der Waals surface area contributed by atoms with Crippen molar-refractivity contribution in [3.63, 3.8) is 0 Å². The molecule has 0 aromatic heterocycles. The van der Waals surface area contributed by atoms with Gasteiger partial charge in [-0.3, -0.25) is 0 Å². The van der Waals surface area contributed by atoms with Crippen molar-refractivity contribution >= 4 is 16.7 Å². The summed E-state index contributed by atoms with van der Waals surface area (Å²) in [5.41, 5.74) is 9.98. The smallest absolute Gasteiger partial charge is 0.327 e. The second kappa shape index (κ2) is 8.07. The summed E-state index contributed by atoms with van der Waals surface area (Å²) in [5.74, 6) is -0.428. The van der Waals surface area contributed by atoms with Crippen molar-refractivity contribution in [2.45, 2.75) is 12.6 Å². The Labute approximate surface area is 164 Å². The maximum atomic E-state index is 12.3. The van der Waals surface area contributed by atoms with Crippen molar-refractivity contribution in [2.24, 2.45) is 5.73 Å². The van der Waals surface area contributed by atoms with E-state index >= 15 is 0 Å². The zero-order chi connectivity index (χ0) is 19.3. The van der Waals surface area contributed by atoms with E-state index in [0.29, 0.717) is 0 Å². The molecule has 0 aliphatic carbocycles. The molecule has 3 nitrogen and oxygen atoms in total. The molecule has 0 heterocycles. The van der Waals surface area contributed by atoms with Crippen LogP contribution >= 0.6 is 0 Å². The molecule has 3 heteroatoms. The van der Waals surface area contributed by atoms with E-state index in [1.165, 1.54) is 10.8 Å². The number of carbonyl (C=O) groups is 1. The molecule has 0 aliphatic heterocycles. The van der Waals surface area contributed by atoms with Crippen molar-refractivity contribution < 1.29 is 9.53 Å². The first-order chi connectivity index (χ1) is 13.7. The standard InChI is InChI=1S/C25H21NO2/c26-24(25(27)28-17-18-6-2-1-3-7-18)21-13-10-20(11-14-21)23-15-12-19-8-4-5-9-22(19)16-23/h1-16,24H,17,26H2/t24-/m0/s1. The molecule has 0 aliphatic rings. The van der Waals surface area contributed by atoms with Gasteiger partial charge in [0.2, 0.25) is 0 Å². The number of esters is 1. The summed E-state index contributed by atoms with van der Waals surface area (Å²) in [6.45, 7) is 0.225. The van der Waals surface area contributed by atoms with Crippen molar-refractivity contribution in [3.05, 3.63) is 108 Å². The monoisotopic (exact) mass is 367 g/mol. The van der Waals surface area contributed by atoms with Crippen LogP contribution in [-0.2, 0) is 16.1 Å². The van der Waals surface area contributed by atoms with Gasteiger partial charge in [0.05, 0.1) is 0 Å². The maximum Gasteiger partial charge on any atom is 0.327 e. The lowest BCUT2D eigenvalue weighted by atomic mass is 9.99. The molecule has 0 saturated carbocycles. The molecule has 0 amide bonds. The SMILES string of the molecule is N[C@H](C(=O)OCc1ccccc1)c1ccc(-c2ccc3ccccc3c2)cc1. The molecular weight excluding hydrogens is 346 g/mol. The minimum Gasteiger partial charge on any atom is -0.459 e. The molecule has 0 saturated heterocycles. The lowest BCUT2D eigenvalue weighted by Crippen LogP contribution is -2.23. The van der Waals surface area contributed by atoms with Crippen LogP contribution in [0.4, 0.5) is 0 Å². The summed E-state index contributed by atoms with van der Waals surface area (Å²) in [5, 5.41) is 2.41. The van der Waals surface area contributed by atoms with Gasteiger partial charge in [-0.05, 0) is 39.1 Å². The highest BCUT2D eigenvalue weighted by atomic mass is 16.5. The Balaban J connectivity index is 1.46. The average molecular weight is 367 g/mol. The summed E-state index contributed by atoms with van der Waals surface area (Å²) in [4.78, 5) is 12.3. The Morgan fingerprint density at radius 3 is 2.14 bits per heavy atom. The number of benzene rings is 4. The van der Waals surface area contributed by atoms with E-state index in [0.717, 1.165) is 22.3 Å². The normalized spacial score (nSPS) is 11.9. The predicted molar refractivity (Wildman–Crippen MR) is 113 cm³/mol. The third-order valence-corrected chi connectivity index (χ3v) is 4.83. The quantitative estimate of drug-likeness (QED) is 0.490. The largest absolute Gasteiger partial charge is 0.459 e. The van der Waals surface area contributed by atoms with E-state index in [4.69, 9.17) is 10.5 Å². The highest BCUT2D eigenvalue weighted by molar-refractivity contribution is 5.87.